The number of carbonyl (C=O) groups is 1. The molecule has 0 bridgehead atoms. The van der Waals surface area contributed by atoms with E-state index in [0.29, 0.717) is 0 Å². The van der Waals surface area contributed by atoms with Crippen LogP contribution in [0.25, 0.3) is 0 Å². The fraction of sp³-hybridized carbons (Fsp3) is 0.286. The van der Waals surface area contributed by atoms with Crippen LogP contribution in [0.5, 0.6) is 0 Å². The van der Waals surface area contributed by atoms with Crippen LogP contribution in [0.3, 0.4) is 0 Å². The number of rotatable bonds is 2. The molecule has 2 aromatic rings. The van der Waals surface area contributed by atoms with Crippen LogP contribution in [0.2, 0.25) is 0 Å². The average Bonchev–Trinajstić information content (AvgIpc) is 2.81. The second-order valence-electron chi connectivity index (χ2n) is 5.13. The number of nitrogens with zero attached hydrogens (tertiary/aromatic N) is 1. The van der Waals surface area contributed by atoms with Crippen molar-refractivity contribution in [2.75, 3.05) is 5.32 Å². The molecule has 1 amide bonds. The quantitative estimate of drug-likeness (QED) is 0.882. The summed E-state index contributed by atoms with van der Waals surface area (Å²) in [6.07, 6.45) is 1.45. The van der Waals surface area contributed by atoms with Crippen LogP contribution >= 0.6 is 0 Å². The number of hydrogen-bond donors (Lipinski definition) is 1. The van der Waals surface area contributed by atoms with Crippen molar-refractivity contribution in [3.05, 3.63) is 47.9 Å². The molecule has 0 unspecified atom stereocenters. The molecule has 1 aromatic heterocycles. The predicted octanol–water partition coefficient (Wildman–Crippen LogP) is 3.22. The number of hydrogen-bond acceptors (Lipinski definition) is 3. The van der Waals surface area contributed by atoms with Crippen molar-refractivity contribution in [3.63, 3.8) is 0 Å². The first-order valence-corrected chi connectivity index (χ1v) is 5.80. The Morgan fingerprint density at radius 3 is 2.56 bits per heavy atom. The first-order valence-electron chi connectivity index (χ1n) is 5.80. The van der Waals surface area contributed by atoms with E-state index in [9.17, 15) is 4.79 Å². The van der Waals surface area contributed by atoms with Crippen LogP contribution < -0.4 is 5.32 Å². The second-order valence-corrected chi connectivity index (χ2v) is 5.13. The van der Waals surface area contributed by atoms with Gasteiger partial charge in [-0.25, -0.2) is 0 Å². The Morgan fingerprint density at radius 2 is 1.94 bits per heavy atom. The summed E-state index contributed by atoms with van der Waals surface area (Å²) in [4.78, 5) is 11.9. The zero-order valence-electron chi connectivity index (χ0n) is 10.7. The van der Waals surface area contributed by atoms with Crippen LogP contribution in [0.1, 0.15) is 36.9 Å². The Bertz CT molecular complexity index is 539. The highest BCUT2D eigenvalue weighted by Gasteiger charge is 2.19. The van der Waals surface area contributed by atoms with E-state index in [1.54, 1.807) is 0 Å². The van der Waals surface area contributed by atoms with Gasteiger partial charge < -0.3 is 9.84 Å². The summed E-state index contributed by atoms with van der Waals surface area (Å²) in [6, 6.07) is 9.29. The van der Waals surface area contributed by atoms with Crippen LogP contribution in [0.4, 0.5) is 5.69 Å². The first-order chi connectivity index (χ1) is 8.48. The number of aromatic nitrogens is 1. The molecular weight excluding hydrogens is 228 g/mol. The zero-order valence-corrected chi connectivity index (χ0v) is 10.7. The molecule has 0 spiro atoms. The molecule has 1 N–H and O–H groups in total. The van der Waals surface area contributed by atoms with E-state index in [1.165, 1.54) is 12.3 Å². The minimum absolute atomic E-state index is 0.0364. The third-order valence-corrected chi connectivity index (χ3v) is 2.64. The van der Waals surface area contributed by atoms with Crippen molar-refractivity contribution >= 4 is 11.6 Å². The summed E-state index contributed by atoms with van der Waals surface area (Å²) in [5.41, 5.74) is 1.84. The standard InChI is InChI=1S/C14H16N2O2/c1-14(2,3)10-6-4-5-7-11(10)16-13(17)12-8-9-15-18-12/h4-9H,1-3H3,(H,16,17). The molecule has 0 radical (unpaired) electrons. The number of amides is 1. The lowest BCUT2D eigenvalue weighted by atomic mass is 9.86. The van der Waals surface area contributed by atoms with Gasteiger partial charge in [-0.2, -0.15) is 0 Å². The first kappa shape index (κ1) is 12.4. The molecule has 4 heteroatoms. The molecular formula is C14H16N2O2. The highest BCUT2D eigenvalue weighted by atomic mass is 16.5. The van der Waals surface area contributed by atoms with Crippen LogP contribution in [-0.4, -0.2) is 11.1 Å². The minimum Gasteiger partial charge on any atom is -0.351 e. The third-order valence-electron chi connectivity index (χ3n) is 2.64. The van der Waals surface area contributed by atoms with Crippen molar-refractivity contribution < 1.29 is 9.32 Å². The van der Waals surface area contributed by atoms with Gasteiger partial charge in [-0.15, -0.1) is 0 Å². The topological polar surface area (TPSA) is 55.1 Å². The number of nitrogens with one attached hydrogen (secondary N) is 1. The molecule has 0 fully saturated rings. The molecule has 2 rings (SSSR count). The molecule has 0 saturated heterocycles. The van der Waals surface area contributed by atoms with Gasteiger partial charge in [0.25, 0.3) is 5.91 Å². The van der Waals surface area contributed by atoms with E-state index < -0.39 is 0 Å². The fourth-order valence-electron chi connectivity index (χ4n) is 1.76. The van der Waals surface area contributed by atoms with Crippen LogP contribution in [0, 0.1) is 0 Å². The summed E-state index contributed by atoms with van der Waals surface area (Å²) < 4.78 is 4.83. The Balaban J connectivity index is 2.27. The third kappa shape index (κ3) is 2.59. The van der Waals surface area contributed by atoms with Crippen molar-refractivity contribution in [2.45, 2.75) is 26.2 Å². The number of carbonyl (C=O) groups excluding carboxylic acids is 1. The molecule has 0 aliphatic carbocycles. The summed E-state index contributed by atoms with van der Waals surface area (Å²) in [6.45, 7) is 6.31. The van der Waals surface area contributed by atoms with Crippen molar-refractivity contribution in [1.29, 1.82) is 0 Å². The smallest absolute Gasteiger partial charge is 0.294 e. The van der Waals surface area contributed by atoms with Crippen LogP contribution in [0.15, 0.2) is 41.1 Å². The maximum atomic E-state index is 11.9. The number of para-hydroxylation sites is 1. The Morgan fingerprint density at radius 1 is 1.22 bits per heavy atom. The molecule has 0 aliphatic heterocycles. The summed E-state index contributed by atoms with van der Waals surface area (Å²) in [7, 11) is 0. The normalized spacial score (nSPS) is 11.3. The fourth-order valence-corrected chi connectivity index (χ4v) is 1.76. The van der Waals surface area contributed by atoms with E-state index in [-0.39, 0.29) is 17.1 Å². The molecule has 0 aliphatic rings. The Labute approximate surface area is 106 Å². The summed E-state index contributed by atoms with van der Waals surface area (Å²) in [5, 5.41) is 6.37. The molecule has 0 saturated carbocycles. The van der Waals surface area contributed by atoms with Crippen molar-refractivity contribution in [2.24, 2.45) is 0 Å². The average molecular weight is 244 g/mol. The minimum atomic E-state index is -0.288. The maximum absolute atomic E-state index is 11.9. The lowest BCUT2D eigenvalue weighted by Gasteiger charge is -2.22. The van der Waals surface area contributed by atoms with Gasteiger partial charge in [-0.3, -0.25) is 4.79 Å². The second kappa shape index (κ2) is 4.64. The summed E-state index contributed by atoms with van der Waals surface area (Å²) >= 11 is 0. The lowest BCUT2D eigenvalue weighted by Crippen LogP contribution is -2.18. The molecule has 1 heterocycles. The van der Waals surface area contributed by atoms with Crippen molar-refractivity contribution in [3.8, 4) is 0 Å². The van der Waals surface area contributed by atoms with Crippen LogP contribution in [-0.2, 0) is 5.41 Å². The van der Waals surface area contributed by atoms with Gasteiger partial charge in [0.05, 0.1) is 6.20 Å². The number of benzene rings is 1. The van der Waals surface area contributed by atoms with E-state index in [0.717, 1.165) is 11.3 Å². The largest absolute Gasteiger partial charge is 0.351 e. The molecule has 94 valence electrons. The highest BCUT2D eigenvalue weighted by molar-refractivity contribution is 6.02. The lowest BCUT2D eigenvalue weighted by molar-refractivity contribution is 0.0988. The Kier molecular flexibility index (Phi) is 3.19. The summed E-state index contributed by atoms with van der Waals surface area (Å²) in [5.74, 6) is -0.0806. The van der Waals surface area contributed by atoms with E-state index in [2.05, 4.69) is 31.2 Å². The SMILES string of the molecule is CC(C)(C)c1ccccc1NC(=O)c1ccno1. The molecule has 0 atom stereocenters. The molecule has 4 nitrogen and oxygen atoms in total. The van der Waals surface area contributed by atoms with Gasteiger partial charge in [0.15, 0.2) is 0 Å². The molecule has 18 heavy (non-hydrogen) atoms. The van der Waals surface area contributed by atoms with Gasteiger partial charge in [0, 0.05) is 11.8 Å². The van der Waals surface area contributed by atoms with E-state index >= 15 is 0 Å². The molecule has 1 aromatic carbocycles. The van der Waals surface area contributed by atoms with E-state index in [1.807, 2.05) is 24.3 Å². The Hall–Kier alpha value is -2.10. The zero-order chi connectivity index (χ0) is 13.2. The van der Waals surface area contributed by atoms with Gasteiger partial charge in [-0.05, 0) is 17.0 Å². The van der Waals surface area contributed by atoms with E-state index in [4.69, 9.17) is 4.52 Å². The number of anilines is 1. The van der Waals surface area contributed by atoms with Gasteiger partial charge >= 0.3 is 0 Å². The predicted molar refractivity (Wildman–Crippen MR) is 69.6 cm³/mol. The monoisotopic (exact) mass is 244 g/mol. The van der Waals surface area contributed by atoms with Gasteiger partial charge in [0.2, 0.25) is 5.76 Å². The maximum Gasteiger partial charge on any atom is 0.294 e. The van der Waals surface area contributed by atoms with Gasteiger partial charge in [-0.1, -0.05) is 44.1 Å². The van der Waals surface area contributed by atoms with Crippen molar-refractivity contribution in [1.82, 2.24) is 5.16 Å². The van der Waals surface area contributed by atoms with Gasteiger partial charge in [0.1, 0.15) is 0 Å². The highest BCUT2D eigenvalue weighted by Crippen LogP contribution is 2.29.